The molecule has 2 aliphatic rings. The van der Waals surface area contributed by atoms with E-state index in [1.54, 1.807) is 42.3 Å². The number of rotatable bonds is 3. The summed E-state index contributed by atoms with van der Waals surface area (Å²) in [5.41, 5.74) is 5.05. The second kappa shape index (κ2) is 23.1. The number of allylic oxidation sites excluding steroid dienone is 6. The Morgan fingerprint density at radius 3 is 1.38 bits per heavy atom. The molecular formula is C33H47N3Ti. The summed E-state index contributed by atoms with van der Waals surface area (Å²) in [4.78, 5) is 0. The van der Waals surface area contributed by atoms with Gasteiger partial charge in [-0.1, -0.05) is 84.0 Å². The van der Waals surface area contributed by atoms with Crippen molar-refractivity contribution >= 4 is 12.2 Å². The average molecular weight is 534 g/mol. The molecule has 37 heavy (non-hydrogen) atoms. The molecule has 0 spiro atoms. The van der Waals surface area contributed by atoms with Gasteiger partial charge in [-0.3, -0.25) is 0 Å². The Kier molecular flexibility index (Phi) is 21.9. The summed E-state index contributed by atoms with van der Waals surface area (Å²) < 4.78 is 0.922. The van der Waals surface area contributed by atoms with Crippen LogP contribution in [0.15, 0.2) is 85.0 Å². The molecule has 2 aromatic rings. The summed E-state index contributed by atoms with van der Waals surface area (Å²) in [6.07, 6.45) is 20.3. The maximum absolute atomic E-state index is 3.50. The van der Waals surface area contributed by atoms with E-state index in [-0.39, 0.29) is 0 Å². The molecule has 0 bridgehead atoms. The molecule has 2 aromatic carbocycles. The van der Waals surface area contributed by atoms with Gasteiger partial charge < -0.3 is 16.0 Å². The monoisotopic (exact) mass is 533 g/mol. The Balaban J connectivity index is 0.000000570. The average Bonchev–Trinajstić information content (AvgIpc) is 3.27. The molecule has 4 rings (SSSR count). The van der Waals surface area contributed by atoms with Crippen LogP contribution in [0.1, 0.15) is 35.1 Å². The van der Waals surface area contributed by atoms with Gasteiger partial charge in [-0.15, -0.1) is 0 Å². The van der Waals surface area contributed by atoms with Gasteiger partial charge in [0.2, 0.25) is 0 Å². The van der Waals surface area contributed by atoms with Crippen molar-refractivity contribution in [2.75, 3.05) is 42.3 Å². The van der Waals surface area contributed by atoms with Gasteiger partial charge in [-0.05, 0) is 25.0 Å². The zero-order valence-corrected chi connectivity index (χ0v) is 25.8. The van der Waals surface area contributed by atoms with Crippen molar-refractivity contribution in [3.05, 3.63) is 123 Å². The molecule has 3 atom stereocenters. The van der Waals surface area contributed by atoms with E-state index in [1.165, 1.54) is 35.1 Å². The fourth-order valence-electron chi connectivity index (χ4n) is 3.64. The first-order valence-electron chi connectivity index (χ1n) is 12.8. The van der Waals surface area contributed by atoms with E-state index in [1.807, 2.05) is 0 Å². The SMILES string of the molecule is C[N-]C.C[N-]C.C[N-]C.Cc1ccc(C=CC=Cc2ccc(C)cc2)cc1.[Ti+3][CH]1CCC2C=CC=CC12. The molecule has 198 valence electrons. The fraction of sp³-hybridized carbons (Fsp3) is 0.394. The molecule has 0 heterocycles. The first-order valence-corrected chi connectivity index (χ1v) is 13.7. The van der Waals surface area contributed by atoms with Gasteiger partial charge in [0, 0.05) is 0 Å². The van der Waals surface area contributed by atoms with Crippen molar-refractivity contribution in [3.8, 4) is 0 Å². The third-order valence-corrected chi connectivity index (χ3v) is 6.47. The van der Waals surface area contributed by atoms with Crippen LogP contribution in [-0.2, 0) is 20.4 Å². The second-order valence-corrected chi connectivity index (χ2v) is 10.2. The molecule has 1 saturated carbocycles. The molecule has 0 amide bonds. The molecule has 3 unspecified atom stereocenters. The predicted octanol–water partition coefficient (Wildman–Crippen LogP) is 9.36. The maximum atomic E-state index is 3.50. The number of hydrogen-bond acceptors (Lipinski definition) is 0. The first-order chi connectivity index (χ1) is 17.9. The standard InChI is InChI=1S/C18H18.C9H11.3C2H6N.Ti/c1-15-7-11-17(12-8-15)5-3-4-6-18-13-9-16(2)10-14-18;1-2-5-9-7-3-6-8(9)4-1;3*1-3-2;/h3-14H,1-2H3;1-2,4-6,8-9H,3,7H2;3*1-2H3;/q;;3*-1;+3. The zero-order valence-electron chi connectivity index (χ0n) is 24.2. The summed E-state index contributed by atoms with van der Waals surface area (Å²) in [7, 11) is 10.5. The van der Waals surface area contributed by atoms with E-state index >= 15 is 0 Å². The van der Waals surface area contributed by atoms with Gasteiger partial charge in [0.05, 0.1) is 0 Å². The Bertz CT molecular complexity index is 853. The fourth-order valence-corrected chi connectivity index (χ4v) is 4.46. The van der Waals surface area contributed by atoms with Gasteiger partial charge in [0.1, 0.15) is 0 Å². The Labute approximate surface area is 240 Å². The van der Waals surface area contributed by atoms with Gasteiger partial charge in [0.25, 0.3) is 0 Å². The molecule has 3 nitrogen and oxygen atoms in total. The van der Waals surface area contributed by atoms with E-state index in [4.69, 9.17) is 0 Å². The molecule has 0 radical (unpaired) electrons. The van der Waals surface area contributed by atoms with Crippen molar-refractivity contribution in [2.24, 2.45) is 11.8 Å². The Morgan fingerprint density at radius 2 is 1.00 bits per heavy atom. The summed E-state index contributed by atoms with van der Waals surface area (Å²) in [5, 5.41) is 10.5. The molecular weight excluding hydrogens is 486 g/mol. The molecule has 2 aliphatic carbocycles. The summed E-state index contributed by atoms with van der Waals surface area (Å²) in [6.45, 7) is 4.20. The normalized spacial score (nSPS) is 18.9. The van der Waals surface area contributed by atoms with E-state index in [0.29, 0.717) is 0 Å². The zero-order chi connectivity index (χ0) is 27.9. The van der Waals surface area contributed by atoms with Crippen molar-refractivity contribution < 1.29 is 20.4 Å². The van der Waals surface area contributed by atoms with Crippen LogP contribution < -0.4 is 0 Å². The van der Waals surface area contributed by atoms with Crippen molar-refractivity contribution in [1.82, 2.24) is 0 Å². The van der Waals surface area contributed by atoms with Crippen LogP contribution in [0.5, 0.6) is 0 Å². The molecule has 0 aromatic heterocycles. The van der Waals surface area contributed by atoms with Crippen LogP contribution >= 0.6 is 0 Å². The van der Waals surface area contributed by atoms with Gasteiger partial charge in [-0.25, -0.2) is 0 Å². The van der Waals surface area contributed by atoms with E-state index in [9.17, 15) is 0 Å². The van der Waals surface area contributed by atoms with E-state index < -0.39 is 0 Å². The van der Waals surface area contributed by atoms with Crippen molar-refractivity contribution in [3.63, 3.8) is 0 Å². The van der Waals surface area contributed by atoms with E-state index in [0.717, 1.165) is 16.1 Å². The van der Waals surface area contributed by atoms with Crippen LogP contribution in [0.2, 0.25) is 4.22 Å². The molecule has 0 N–H and O–H groups in total. The third-order valence-electron chi connectivity index (χ3n) is 5.42. The van der Waals surface area contributed by atoms with Crippen LogP contribution in [0.3, 0.4) is 0 Å². The van der Waals surface area contributed by atoms with Crippen LogP contribution in [-0.4, -0.2) is 42.3 Å². The summed E-state index contributed by atoms with van der Waals surface area (Å²) >= 11 is 2.37. The quantitative estimate of drug-likeness (QED) is 0.279. The minimum absolute atomic E-state index is 0.866. The molecule has 0 saturated heterocycles. The topological polar surface area (TPSA) is 42.3 Å². The van der Waals surface area contributed by atoms with Gasteiger partial charge >= 0.3 is 73.6 Å². The van der Waals surface area contributed by atoms with Crippen LogP contribution in [0.25, 0.3) is 28.1 Å². The number of fused-ring (bicyclic) bond motifs is 1. The first kappa shape index (κ1) is 35.0. The molecule has 1 fully saturated rings. The van der Waals surface area contributed by atoms with Crippen molar-refractivity contribution in [1.29, 1.82) is 0 Å². The third kappa shape index (κ3) is 17.2. The summed E-state index contributed by atoms with van der Waals surface area (Å²) in [6, 6.07) is 17.0. The van der Waals surface area contributed by atoms with Gasteiger partial charge in [0.15, 0.2) is 0 Å². The van der Waals surface area contributed by atoms with E-state index in [2.05, 4.69) is 147 Å². The second-order valence-electron chi connectivity index (χ2n) is 9.08. The minimum atomic E-state index is 0.866. The Hall–Kier alpha value is -2.01. The Morgan fingerprint density at radius 1 is 0.622 bits per heavy atom. The number of benzene rings is 2. The number of hydrogen-bond donors (Lipinski definition) is 0. The number of aryl methyl sites for hydroxylation is 2. The molecule has 4 heteroatoms. The van der Waals surface area contributed by atoms with Crippen molar-refractivity contribution in [2.45, 2.75) is 30.9 Å². The molecule has 0 aliphatic heterocycles. The van der Waals surface area contributed by atoms with Crippen LogP contribution in [0.4, 0.5) is 0 Å². The van der Waals surface area contributed by atoms with Crippen LogP contribution in [0, 0.1) is 25.7 Å². The predicted molar refractivity (Wildman–Crippen MR) is 164 cm³/mol. The summed E-state index contributed by atoms with van der Waals surface area (Å²) in [5.74, 6) is 1.74. The van der Waals surface area contributed by atoms with Gasteiger partial charge in [-0.2, -0.15) is 42.3 Å². The number of nitrogens with zero attached hydrogens (tertiary/aromatic N) is 3.